The quantitative estimate of drug-likeness (QED) is 0.458. The average molecular weight is 453 g/mol. The highest BCUT2D eigenvalue weighted by molar-refractivity contribution is 6.30. The SMILES string of the molecule is CC(c1ccc(Cl)cc1)N(C(=O)/C=C/c1ccccc1)[C@H](C(N)=O)c1ccc(Cl)cc1. The molecule has 6 heteroatoms. The summed E-state index contributed by atoms with van der Waals surface area (Å²) in [7, 11) is 0. The monoisotopic (exact) mass is 452 g/mol. The largest absolute Gasteiger partial charge is 0.368 e. The predicted molar refractivity (Wildman–Crippen MR) is 126 cm³/mol. The maximum Gasteiger partial charge on any atom is 0.248 e. The summed E-state index contributed by atoms with van der Waals surface area (Å²) in [5.41, 5.74) is 8.06. The molecule has 0 spiro atoms. The summed E-state index contributed by atoms with van der Waals surface area (Å²) in [6, 6.07) is 21.9. The zero-order valence-electron chi connectivity index (χ0n) is 16.9. The van der Waals surface area contributed by atoms with Crippen molar-refractivity contribution in [2.45, 2.75) is 19.0 Å². The zero-order valence-corrected chi connectivity index (χ0v) is 18.4. The van der Waals surface area contributed by atoms with Gasteiger partial charge in [0.1, 0.15) is 6.04 Å². The summed E-state index contributed by atoms with van der Waals surface area (Å²) in [6.45, 7) is 1.85. The van der Waals surface area contributed by atoms with E-state index in [2.05, 4.69) is 0 Å². The lowest BCUT2D eigenvalue weighted by atomic mass is 9.99. The van der Waals surface area contributed by atoms with Gasteiger partial charge in [-0.25, -0.2) is 0 Å². The molecular formula is C25H22Cl2N2O2. The van der Waals surface area contributed by atoms with Crippen molar-refractivity contribution in [1.29, 1.82) is 0 Å². The van der Waals surface area contributed by atoms with Crippen LogP contribution in [0.25, 0.3) is 6.08 Å². The molecule has 0 aliphatic heterocycles. The lowest BCUT2D eigenvalue weighted by Gasteiger charge is -2.35. The number of hydrogen-bond acceptors (Lipinski definition) is 2. The number of primary amides is 1. The average Bonchev–Trinajstić information content (AvgIpc) is 2.77. The van der Waals surface area contributed by atoms with Crippen LogP contribution in [-0.2, 0) is 9.59 Å². The smallest absolute Gasteiger partial charge is 0.248 e. The number of halogens is 2. The van der Waals surface area contributed by atoms with Crippen LogP contribution in [0.3, 0.4) is 0 Å². The zero-order chi connectivity index (χ0) is 22.4. The summed E-state index contributed by atoms with van der Waals surface area (Å²) in [5.74, 6) is -0.977. The molecule has 4 nitrogen and oxygen atoms in total. The van der Waals surface area contributed by atoms with Crippen molar-refractivity contribution in [2.75, 3.05) is 0 Å². The first-order chi connectivity index (χ1) is 14.9. The number of nitrogens with zero attached hydrogens (tertiary/aromatic N) is 1. The molecule has 0 aromatic heterocycles. The topological polar surface area (TPSA) is 63.4 Å². The molecule has 0 saturated heterocycles. The minimum atomic E-state index is -0.976. The van der Waals surface area contributed by atoms with Crippen LogP contribution in [0.4, 0.5) is 0 Å². The highest BCUT2D eigenvalue weighted by Crippen LogP contribution is 2.32. The van der Waals surface area contributed by atoms with E-state index in [0.717, 1.165) is 11.1 Å². The van der Waals surface area contributed by atoms with Gasteiger partial charge >= 0.3 is 0 Å². The minimum Gasteiger partial charge on any atom is -0.368 e. The van der Waals surface area contributed by atoms with Crippen LogP contribution >= 0.6 is 23.2 Å². The fraction of sp³-hybridized carbons (Fsp3) is 0.120. The van der Waals surface area contributed by atoms with Crippen LogP contribution in [0.5, 0.6) is 0 Å². The van der Waals surface area contributed by atoms with Gasteiger partial charge in [-0.15, -0.1) is 0 Å². The first-order valence-corrected chi connectivity index (χ1v) is 10.5. The normalized spacial score (nSPS) is 13.0. The van der Waals surface area contributed by atoms with Crippen molar-refractivity contribution in [3.8, 4) is 0 Å². The summed E-state index contributed by atoms with van der Waals surface area (Å²) >= 11 is 12.0. The molecule has 0 fully saturated rings. The molecule has 2 atom stereocenters. The number of carbonyl (C=O) groups is 2. The van der Waals surface area contributed by atoms with E-state index in [9.17, 15) is 9.59 Å². The van der Waals surface area contributed by atoms with Gasteiger partial charge in [0.25, 0.3) is 0 Å². The summed E-state index contributed by atoms with van der Waals surface area (Å²) < 4.78 is 0. The van der Waals surface area contributed by atoms with E-state index in [4.69, 9.17) is 28.9 Å². The van der Waals surface area contributed by atoms with E-state index < -0.39 is 18.0 Å². The lowest BCUT2D eigenvalue weighted by Crippen LogP contribution is -2.42. The summed E-state index contributed by atoms with van der Waals surface area (Å²) in [6.07, 6.45) is 3.16. The molecule has 0 aliphatic rings. The van der Waals surface area contributed by atoms with E-state index in [-0.39, 0.29) is 5.91 Å². The highest BCUT2D eigenvalue weighted by atomic mass is 35.5. The molecule has 0 bridgehead atoms. The van der Waals surface area contributed by atoms with Crippen LogP contribution in [-0.4, -0.2) is 16.7 Å². The lowest BCUT2D eigenvalue weighted by molar-refractivity contribution is -0.138. The maximum atomic E-state index is 13.4. The standard InChI is InChI=1S/C25H22Cl2N2O2/c1-17(19-8-12-21(26)13-9-19)29(23(30)16-7-18-5-3-2-4-6-18)24(25(28)31)20-10-14-22(27)15-11-20/h2-17,24H,1H3,(H2,28,31)/b16-7+/t17?,24-/m0/s1. The second-order valence-electron chi connectivity index (χ2n) is 7.07. The van der Waals surface area contributed by atoms with Crippen molar-refractivity contribution in [2.24, 2.45) is 5.73 Å². The molecule has 3 aromatic rings. The third-order valence-corrected chi connectivity index (χ3v) is 5.48. The van der Waals surface area contributed by atoms with Crippen LogP contribution in [0.15, 0.2) is 84.9 Å². The van der Waals surface area contributed by atoms with E-state index in [0.29, 0.717) is 15.6 Å². The third-order valence-electron chi connectivity index (χ3n) is 4.98. The van der Waals surface area contributed by atoms with Crippen LogP contribution in [0, 0.1) is 0 Å². The van der Waals surface area contributed by atoms with Gasteiger partial charge in [0.15, 0.2) is 0 Å². The number of amides is 2. The molecule has 2 amide bonds. The molecule has 1 unspecified atom stereocenters. The molecule has 0 aliphatic carbocycles. The molecular weight excluding hydrogens is 431 g/mol. The Morgan fingerprint density at radius 1 is 0.839 bits per heavy atom. The molecule has 0 heterocycles. The van der Waals surface area contributed by atoms with Gasteiger partial charge in [-0.2, -0.15) is 0 Å². The van der Waals surface area contributed by atoms with Crippen LogP contribution < -0.4 is 5.73 Å². The van der Waals surface area contributed by atoms with Gasteiger partial charge in [-0.1, -0.05) is 77.8 Å². The Bertz CT molecular complexity index is 1060. The Morgan fingerprint density at radius 2 is 1.35 bits per heavy atom. The van der Waals surface area contributed by atoms with Crippen molar-refractivity contribution < 1.29 is 9.59 Å². The summed E-state index contributed by atoms with van der Waals surface area (Å²) in [5, 5.41) is 1.11. The number of carbonyl (C=O) groups excluding carboxylic acids is 2. The number of benzene rings is 3. The maximum absolute atomic E-state index is 13.4. The van der Waals surface area contributed by atoms with Crippen molar-refractivity contribution >= 4 is 41.1 Å². The minimum absolute atomic E-state index is 0.343. The number of nitrogens with two attached hydrogens (primary N) is 1. The Morgan fingerprint density at radius 3 is 1.87 bits per heavy atom. The second kappa shape index (κ2) is 10.3. The molecule has 3 rings (SSSR count). The van der Waals surface area contributed by atoms with Gasteiger partial charge in [0.2, 0.25) is 11.8 Å². The Labute approximate surface area is 191 Å². The van der Waals surface area contributed by atoms with Gasteiger partial charge in [0.05, 0.1) is 6.04 Å². The van der Waals surface area contributed by atoms with Gasteiger partial charge in [0, 0.05) is 16.1 Å². The van der Waals surface area contributed by atoms with E-state index in [1.54, 1.807) is 42.5 Å². The van der Waals surface area contributed by atoms with Crippen LogP contribution in [0.1, 0.15) is 35.7 Å². The van der Waals surface area contributed by atoms with Crippen molar-refractivity contribution in [3.63, 3.8) is 0 Å². The van der Waals surface area contributed by atoms with Gasteiger partial charge < -0.3 is 10.6 Å². The van der Waals surface area contributed by atoms with Crippen LogP contribution in [0.2, 0.25) is 10.0 Å². The Hall–Kier alpha value is -3.08. The second-order valence-corrected chi connectivity index (χ2v) is 7.95. The fourth-order valence-electron chi connectivity index (χ4n) is 3.37. The summed E-state index contributed by atoms with van der Waals surface area (Å²) in [4.78, 5) is 27.4. The fourth-order valence-corrected chi connectivity index (χ4v) is 3.62. The molecule has 0 radical (unpaired) electrons. The third kappa shape index (κ3) is 5.75. The van der Waals surface area contributed by atoms with Crippen molar-refractivity contribution in [1.82, 2.24) is 4.90 Å². The Balaban J connectivity index is 2.04. The molecule has 31 heavy (non-hydrogen) atoms. The first kappa shape index (κ1) is 22.6. The highest BCUT2D eigenvalue weighted by Gasteiger charge is 2.33. The number of hydrogen-bond donors (Lipinski definition) is 1. The Kier molecular flexibility index (Phi) is 7.50. The van der Waals surface area contributed by atoms with E-state index in [1.807, 2.05) is 49.4 Å². The first-order valence-electron chi connectivity index (χ1n) is 9.72. The molecule has 158 valence electrons. The molecule has 3 aromatic carbocycles. The number of rotatable bonds is 7. The van der Waals surface area contributed by atoms with E-state index in [1.165, 1.54) is 11.0 Å². The predicted octanol–water partition coefficient (Wildman–Crippen LogP) is 5.82. The van der Waals surface area contributed by atoms with E-state index >= 15 is 0 Å². The molecule has 0 saturated carbocycles. The van der Waals surface area contributed by atoms with Crippen molar-refractivity contribution in [3.05, 3.63) is 112 Å². The molecule has 2 N–H and O–H groups in total. The van der Waals surface area contributed by atoms with Gasteiger partial charge in [-0.3, -0.25) is 9.59 Å². The van der Waals surface area contributed by atoms with Gasteiger partial charge in [-0.05, 0) is 54.0 Å².